The molecular weight excluding hydrogens is 403 g/mol. The lowest BCUT2D eigenvalue weighted by molar-refractivity contribution is -0.137. The molecular formula is C20H14F3N3O4. The topological polar surface area (TPSA) is 105 Å². The van der Waals surface area contributed by atoms with Crippen LogP contribution in [0.25, 0.3) is 22.0 Å². The lowest BCUT2D eigenvalue weighted by atomic mass is 10.0. The number of halogens is 3. The highest BCUT2D eigenvalue weighted by molar-refractivity contribution is 5.97. The number of primary amides is 1. The third-order valence-electron chi connectivity index (χ3n) is 4.79. The van der Waals surface area contributed by atoms with Crippen LogP contribution in [-0.2, 0) is 15.7 Å². The summed E-state index contributed by atoms with van der Waals surface area (Å²) in [5, 5.41) is 0.546. The quantitative estimate of drug-likeness (QED) is 0.683. The van der Waals surface area contributed by atoms with E-state index >= 15 is 0 Å². The molecule has 4 rings (SSSR count). The molecule has 1 aromatic heterocycles. The van der Waals surface area contributed by atoms with Crippen molar-refractivity contribution < 1.29 is 27.5 Å². The van der Waals surface area contributed by atoms with Crippen LogP contribution in [0.3, 0.4) is 0 Å². The summed E-state index contributed by atoms with van der Waals surface area (Å²) in [7, 11) is 0. The number of benzene rings is 2. The van der Waals surface area contributed by atoms with Crippen molar-refractivity contribution in [2.45, 2.75) is 12.3 Å². The van der Waals surface area contributed by atoms with Gasteiger partial charge in [0.2, 0.25) is 0 Å². The van der Waals surface area contributed by atoms with E-state index in [1.165, 1.54) is 42.5 Å². The van der Waals surface area contributed by atoms with Crippen molar-refractivity contribution in [3.63, 3.8) is 0 Å². The minimum atomic E-state index is -4.58. The maximum atomic E-state index is 13.3. The Balaban J connectivity index is 1.78. The van der Waals surface area contributed by atoms with Crippen molar-refractivity contribution in [1.29, 1.82) is 0 Å². The first kappa shape index (κ1) is 19.5. The molecule has 0 bridgehead atoms. The summed E-state index contributed by atoms with van der Waals surface area (Å²) in [5.41, 5.74) is 3.82. The van der Waals surface area contributed by atoms with Crippen LogP contribution >= 0.6 is 0 Å². The van der Waals surface area contributed by atoms with Gasteiger partial charge in [0.15, 0.2) is 6.10 Å². The number of nitrogens with two attached hydrogens (primary N) is 1. The summed E-state index contributed by atoms with van der Waals surface area (Å²) >= 11 is 0. The van der Waals surface area contributed by atoms with Gasteiger partial charge in [-0.3, -0.25) is 14.5 Å². The number of hydrogen-bond acceptors (Lipinski definition) is 4. The first-order chi connectivity index (χ1) is 14.1. The molecule has 1 saturated heterocycles. The molecule has 30 heavy (non-hydrogen) atoms. The number of cyclic esters (lactones) is 1. The molecule has 0 radical (unpaired) electrons. The number of H-pyrrole nitrogens is 1. The number of nitrogens with one attached hydrogen (secondary N) is 1. The summed E-state index contributed by atoms with van der Waals surface area (Å²) in [6.45, 7) is -0.103. The number of pyridine rings is 1. The zero-order chi connectivity index (χ0) is 21.6. The number of amides is 2. The van der Waals surface area contributed by atoms with Gasteiger partial charge in [0.1, 0.15) is 0 Å². The number of alkyl halides is 3. The van der Waals surface area contributed by atoms with E-state index in [2.05, 4.69) is 4.98 Å². The van der Waals surface area contributed by atoms with Crippen LogP contribution in [-0.4, -0.2) is 29.6 Å². The van der Waals surface area contributed by atoms with Gasteiger partial charge in [0.05, 0.1) is 12.1 Å². The predicted octanol–water partition coefficient (Wildman–Crippen LogP) is 3.02. The molecule has 0 aliphatic carbocycles. The molecule has 0 saturated carbocycles. The Morgan fingerprint density at radius 1 is 1.13 bits per heavy atom. The molecule has 2 heterocycles. The Bertz CT molecular complexity index is 1240. The lowest BCUT2D eigenvalue weighted by Gasteiger charge is -2.15. The van der Waals surface area contributed by atoms with E-state index in [1.54, 1.807) is 0 Å². The van der Waals surface area contributed by atoms with Crippen LogP contribution in [0.1, 0.15) is 5.56 Å². The molecule has 3 N–H and O–H groups in total. The Morgan fingerprint density at radius 2 is 1.87 bits per heavy atom. The average Bonchev–Trinajstić information content (AvgIpc) is 3.09. The van der Waals surface area contributed by atoms with E-state index in [-0.39, 0.29) is 23.2 Å². The number of aromatic nitrogens is 1. The third-order valence-corrected chi connectivity index (χ3v) is 4.79. The van der Waals surface area contributed by atoms with Gasteiger partial charge in [0, 0.05) is 22.3 Å². The van der Waals surface area contributed by atoms with Gasteiger partial charge in [-0.1, -0.05) is 24.3 Å². The number of nitrogens with zero attached hydrogens (tertiary/aromatic N) is 1. The Kier molecular flexibility index (Phi) is 4.49. The van der Waals surface area contributed by atoms with E-state index in [1.807, 2.05) is 0 Å². The van der Waals surface area contributed by atoms with Crippen LogP contribution in [0.4, 0.5) is 23.7 Å². The summed E-state index contributed by atoms with van der Waals surface area (Å²) in [5.74, 6) is -0.794. The molecule has 1 unspecified atom stereocenters. The van der Waals surface area contributed by atoms with Gasteiger partial charge in [-0.25, -0.2) is 4.79 Å². The number of hydrogen-bond donors (Lipinski definition) is 2. The van der Waals surface area contributed by atoms with Gasteiger partial charge in [-0.2, -0.15) is 13.2 Å². The SMILES string of the molecule is NC(=O)C1CN(c2ccc3cc(-c4ccccc4C(F)(F)F)[nH]c(=O)c3c2)C(=O)O1. The van der Waals surface area contributed by atoms with E-state index < -0.39 is 35.4 Å². The average molecular weight is 417 g/mol. The Labute approximate surface area is 166 Å². The molecule has 10 heteroatoms. The van der Waals surface area contributed by atoms with Crippen molar-refractivity contribution in [2.75, 3.05) is 11.4 Å². The second kappa shape index (κ2) is 6.90. The molecule has 3 aromatic rings. The van der Waals surface area contributed by atoms with Gasteiger partial charge in [-0.05, 0) is 29.7 Å². The standard InChI is InChI=1S/C20H14F3N3O4/c21-20(22,23)14-4-2-1-3-12(14)15-7-10-5-6-11(8-13(10)18(28)25-15)26-9-16(17(24)27)30-19(26)29/h1-8,16H,9H2,(H2,24,27)(H,25,28). The van der Waals surface area contributed by atoms with E-state index in [0.717, 1.165) is 11.0 Å². The number of ether oxygens (including phenoxy) is 1. The fourth-order valence-corrected chi connectivity index (χ4v) is 3.35. The lowest BCUT2D eigenvalue weighted by Crippen LogP contribution is -2.32. The van der Waals surface area contributed by atoms with Gasteiger partial charge >= 0.3 is 12.3 Å². The molecule has 1 aliphatic heterocycles. The second-order valence-electron chi connectivity index (χ2n) is 6.71. The van der Waals surface area contributed by atoms with Crippen LogP contribution in [0, 0.1) is 0 Å². The molecule has 154 valence electrons. The molecule has 1 aliphatic rings. The number of rotatable bonds is 3. The zero-order valence-corrected chi connectivity index (χ0v) is 15.2. The largest absolute Gasteiger partial charge is 0.434 e. The molecule has 7 nitrogen and oxygen atoms in total. The summed E-state index contributed by atoms with van der Waals surface area (Å²) in [4.78, 5) is 39.5. The van der Waals surface area contributed by atoms with Gasteiger partial charge < -0.3 is 15.5 Å². The van der Waals surface area contributed by atoms with Crippen LogP contribution in [0.5, 0.6) is 0 Å². The summed E-state index contributed by atoms with van der Waals surface area (Å²) in [6.07, 6.45) is -6.47. The van der Waals surface area contributed by atoms with Crippen molar-refractivity contribution in [3.8, 4) is 11.3 Å². The Morgan fingerprint density at radius 3 is 2.53 bits per heavy atom. The first-order valence-corrected chi connectivity index (χ1v) is 8.76. The fourth-order valence-electron chi connectivity index (χ4n) is 3.35. The van der Waals surface area contributed by atoms with Crippen LogP contribution < -0.4 is 16.2 Å². The van der Waals surface area contributed by atoms with E-state index in [0.29, 0.717) is 11.1 Å². The number of fused-ring (bicyclic) bond motifs is 1. The van der Waals surface area contributed by atoms with Crippen molar-refractivity contribution in [1.82, 2.24) is 4.98 Å². The molecule has 2 amide bonds. The molecule has 2 aromatic carbocycles. The third kappa shape index (κ3) is 3.36. The predicted molar refractivity (Wildman–Crippen MR) is 102 cm³/mol. The molecule has 0 spiro atoms. The number of anilines is 1. The summed E-state index contributed by atoms with van der Waals surface area (Å²) < 4.78 is 44.8. The highest BCUT2D eigenvalue weighted by Gasteiger charge is 2.36. The second-order valence-corrected chi connectivity index (χ2v) is 6.71. The fraction of sp³-hybridized carbons (Fsp3) is 0.150. The van der Waals surface area contributed by atoms with Crippen LogP contribution in [0.2, 0.25) is 0 Å². The molecule has 1 atom stereocenters. The van der Waals surface area contributed by atoms with Crippen molar-refractivity contribution in [2.24, 2.45) is 5.73 Å². The van der Waals surface area contributed by atoms with Gasteiger partial charge in [-0.15, -0.1) is 0 Å². The number of carbonyl (C=O) groups excluding carboxylic acids is 2. The number of aromatic amines is 1. The number of carbonyl (C=O) groups is 2. The zero-order valence-electron chi connectivity index (χ0n) is 15.2. The highest BCUT2D eigenvalue weighted by atomic mass is 19.4. The van der Waals surface area contributed by atoms with E-state index in [4.69, 9.17) is 10.5 Å². The van der Waals surface area contributed by atoms with Crippen LogP contribution in [0.15, 0.2) is 53.3 Å². The minimum absolute atomic E-state index is 0.0162. The monoisotopic (exact) mass is 417 g/mol. The first-order valence-electron chi connectivity index (χ1n) is 8.76. The normalized spacial score (nSPS) is 16.7. The summed E-state index contributed by atoms with van der Waals surface area (Å²) in [6, 6.07) is 10.8. The van der Waals surface area contributed by atoms with Crippen molar-refractivity contribution >= 4 is 28.5 Å². The van der Waals surface area contributed by atoms with E-state index in [9.17, 15) is 27.6 Å². The maximum Gasteiger partial charge on any atom is 0.417 e. The Hall–Kier alpha value is -3.82. The smallest absolute Gasteiger partial charge is 0.417 e. The maximum absolute atomic E-state index is 13.3. The minimum Gasteiger partial charge on any atom is -0.434 e. The van der Waals surface area contributed by atoms with Crippen molar-refractivity contribution in [3.05, 3.63) is 64.4 Å². The highest BCUT2D eigenvalue weighted by Crippen LogP contribution is 2.36. The molecule has 1 fully saturated rings. The van der Waals surface area contributed by atoms with Gasteiger partial charge in [0.25, 0.3) is 11.5 Å².